The molecule has 0 radical (unpaired) electrons. The number of likely N-dealkylation sites (N-methyl/N-ethyl adjacent to an activating group) is 1. The van der Waals surface area contributed by atoms with Gasteiger partial charge in [-0.05, 0) is 28.1 Å². The topological polar surface area (TPSA) is 49.4 Å². The highest BCUT2D eigenvalue weighted by molar-refractivity contribution is 9.10. The largest absolute Gasteiger partial charge is 0.405 e. The van der Waals surface area contributed by atoms with Crippen LogP contribution in [0.4, 0.5) is 17.6 Å². The Labute approximate surface area is 126 Å². The third-order valence-corrected chi connectivity index (χ3v) is 3.01. The van der Waals surface area contributed by atoms with E-state index in [1.54, 1.807) is 5.32 Å². The lowest BCUT2D eigenvalue weighted by molar-refractivity contribution is -0.138. The minimum absolute atomic E-state index is 0.0725. The van der Waals surface area contributed by atoms with E-state index in [0.29, 0.717) is 0 Å². The zero-order valence-electron chi connectivity index (χ0n) is 10.8. The summed E-state index contributed by atoms with van der Waals surface area (Å²) >= 11 is 2.91. The van der Waals surface area contributed by atoms with E-state index < -0.39 is 36.9 Å². The van der Waals surface area contributed by atoms with Crippen molar-refractivity contribution in [1.82, 2.24) is 10.2 Å². The van der Waals surface area contributed by atoms with Gasteiger partial charge in [-0.15, -0.1) is 0 Å². The third-order valence-electron chi connectivity index (χ3n) is 2.40. The molecule has 0 bridgehead atoms. The van der Waals surface area contributed by atoms with Crippen molar-refractivity contribution >= 4 is 27.7 Å². The van der Waals surface area contributed by atoms with Crippen LogP contribution in [0.5, 0.6) is 0 Å². The molecule has 0 aliphatic heterocycles. The number of nitrogens with one attached hydrogen (secondary N) is 1. The van der Waals surface area contributed by atoms with Crippen molar-refractivity contribution in [2.45, 2.75) is 6.18 Å². The molecule has 1 aromatic rings. The Kier molecular flexibility index (Phi) is 5.70. The average molecular weight is 371 g/mol. The summed E-state index contributed by atoms with van der Waals surface area (Å²) in [5, 5.41) is 1.63. The SMILES string of the molecule is CN(CC(=O)NCC(F)(F)F)C(=O)c1cccc(Br)c1F. The summed E-state index contributed by atoms with van der Waals surface area (Å²) in [5.41, 5.74) is -0.282. The average Bonchev–Trinajstić information content (AvgIpc) is 2.38. The molecule has 2 amide bonds. The van der Waals surface area contributed by atoms with E-state index in [2.05, 4.69) is 15.9 Å². The molecular weight excluding hydrogens is 360 g/mol. The van der Waals surface area contributed by atoms with Crippen molar-refractivity contribution in [2.24, 2.45) is 0 Å². The van der Waals surface area contributed by atoms with Crippen LogP contribution in [0.3, 0.4) is 0 Å². The molecule has 0 saturated heterocycles. The second-order valence-electron chi connectivity index (χ2n) is 4.15. The highest BCUT2D eigenvalue weighted by Crippen LogP contribution is 2.19. The fourth-order valence-corrected chi connectivity index (χ4v) is 1.78. The van der Waals surface area contributed by atoms with Gasteiger partial charge in [0.1, 0.15) is 12.4 Å². The first-order valence-corrected chi connectivity index (χ1v) is 6.44. The monoisotopic (exact) mass is 370 g/mol. The minimum Gasteiger partial charge on any atom is -0.345 e. The Morgan fingerprint density at radius 2 is 1.95 bits per heavy atom. The smallest absolute Gasteiger partial charge is 0.345 e. The number of benzene rings is 1. The predicted molar refractivity (Wildman–Crippen MR) is 70.1 cm³/mol. The molecule has 0 fully saturated rings. The molecule has 0 aromatic heterocycles. The van der Waals surface area contributed by atoms with Gasteiger partial charge in [0.2, 0.25) is 5.91 Å². The molecular formula is C12H11BrF4N2O2. The molecule has 0 saturated carbocycles. The maximum Gasteiger partial charge on any atom is 0.405 e. The molecule has 21 heavy (non-hydrogen) atoms. The number of amides is 2. The van der Waals surface area contributed by atoms with Crippen molar-refractivity contribution < 1.29 is 27.2 Å². The Balaban J connectivity index is 2.67. The quantitative estimate of drug-likeness (QED) is 0.827. The van der Waals surface area contributed by atoms with Gasteiger partial charge in [0, 0.05) is 7.05 Å². The lowest BCUT2D eigenvalue weighted by Gasteiger charge is -2.17. The number of nitrogens with zero attached hydrogens (tertiary/aromatic N) is 1. The first-order valence-electron chi connectivity index (χ1n) is 5.64. The summed E-state index contributed by atoms with van der Waals surface area (Å²) < 4.78 is 49.6. The predicted octanol–water partition coefficient (Wildman–Crippen LogP) is 2.34. The van der Waals surface area contributed by atoms with Gasteiger partial charge in [-0.1, -0.05) is 6.07 Å². The number of halogens is 5. The Morgan fingerprint density at radius 1 is 1.33 bits per heavy atom. The first-order chi connectivity index (χ1) is 9.61. The standard InChI is InChI=1S/C12H11BrF4N2O2/c1-19(5-9(20)18-6-12(15,16)17)11(21)7-3-2-4-8(13)10(7)14/h2-4H,5-6H2,1H3,(H,18,20). The summed E-state index contributed by atoms with van der Waals surface area (Å²) in [6, 6.07) is 4.03. The van der Waals surface area contributed by atoms with Crippen molar-refractivity contribution in [3.8, 4) is 0 Å². The molecule has 0 unspecified atom stereocenters. The molecule has 1 rings (SSSR count). The van der Waals surface area contributed by atoms with E-state index in [4.69, 9.17) is 0 Å². The van der Waals surface area contributed by atoms with E-state index in [1.807, 2.05) is 0 Å². The second kappa shape index (κ2) is 6.88. The summed E-state index contributed by atoms with van der Waals surface area (Å²) in [5.74, 6) is -2.60. The van der Waals surface area contributed by atoms with Gasteiger partial charge in [-0.3, -0.25) is 9.59 Å². The highest BCUT2D eigenvalue weighted by Gasteiger charge is 2.28. The van der Waals surface area contributed by atoms with Gasteiger partial charge in [0.15, 0.2) is 0 Å². The van der Waals surface area contributed by atoms with Crippen molar-refractivity contribution in [3.05, 3.63) is 34.1 Å². The van der Waals surface area contributed by atoms with E-state index >= 15 is 0 Å². The Hall–Kier alpha value is -1.64. The maximum atomic E-state index is 13.7. The summed E-state index contributed by atoms with van der Waals surface area (Å²) in [6.45, 7) is -2.10. The van der Waals surface area contributed by atoms with E-state index in [-0.39, 0.29) is 10.0 Å². The lowest BCUT2D eigenvalue weighted by atomic mass is 10.2. The van der Waals surface area contributed by atoms with E-state index in [0.717, 1.165) is 4.90 Å². The lowest BCUT2D eigenvalue weighted by Crippen LogP contribution is -2.41. The third kappa shape index (κ3) is 5.33. The van der Waals surface area contributed by atoms with Crippen LogP contribution in [-0.4, -0.2) is 43.0 Å². The number of rotatable bonds is 4. The number of carbonyl (C=O) groups excluding carboxylic acids is 2. The zero-order chi connectivity index (χ0) is 16.2. The van der Waals surface area contributed by atoms with Gasteiger partial charge in [0.25, 0.3) is 5.91 Å². The number of alkyl halides is 3. The summed E-state index contributed by atoms with van der Waals surface area (Å²) in [6.07, 6.45) is -4.53. The molecule has 0 spiro atoms. The van der Waals surface area contributed by atoms with Crippen LogP contribution in [0.15, 0.2) is 22.7 Å². The van der Waals surface area contributed by atoms with Gasteiger partial charge < -0.3 is 10.2 Å². The number of carbonyl (C=O) groups is 2. The number of hydrogen-bond acceptors (Lipinski definition) is 2. The van der Waals surface area contributed by atoms with Crippen LogP contribution in [-0.2, 0) is 4.79 Å². The maximum absolute atomic E-state index is 13.7. The highest BCUT2D eigenvalue weighted by atomic mass is 79.9. The molecule has 9 heteroatoms. The van der Waals surface area contributed by atoms with E-state index in [1.165, 1.54) is 25.2 Å². The van der Waals surface area contributed by atoms with Crippen molar-refractivity contribution in [3.63, 3.8) is 0 Å². The molecule has 1 aromatic carbocycles. The van der Waals surface area contributed by atoms with Crippen LogP contribution in [0.2, 0.25) is 0 Å². The van der Waals surface area contributed by atoms with Gasteiger partial charge in [0.05, 0.1) is 16.6 Å². The van der Waals surface area contributed by atoms with Crippen LogP contribution in [0.25, 0.3) is 0 Å². The van der Waals surface area contributed by atoms with Crippen LogP contribution < -0.4 is 5.32 Å². The molecule has 0 heterocycles. The Bertz CT molecular complexity index is 549. The number of hydrogen-bond donors (Lipinski definition) is 1. The van der Waals surface area contributed by atoms with Crippen LogP contribution in [0, 0.1) is 5.82 Å². The molecule has 4 nitrogen and oxygen atoms in total. The first kappa shape index (κ1) is 17.4. The molecule has 1 N–H and O–H groups in total. The second-order valence-corrected chi connectivity index (χ2v) is 5.01. The Morgan fingerprint density at radius 3 is 2.52 bits per heavy atom. The summed E-state index contributed by atoms with van der Waals surface area (Å²) in [7, 11) is 1.19. The van der Waals surface area contributed by atoms with Gasteiger partial charge in [-0.2, -0.15) is 13.2 Å². The zero-order valence-corrected chi connectivity index (χ0v) is 12.4. The molecule has 0 aliphatic carbocycles. The molecule has 116 valence electrons. The van der Waals surface area contributed by atoms with Crippen molar-refractivity contribution in [2.75, 3.05) is 20.1 Å². The molecule has 0 aliphatic rings. The summed E-state index contributed by atoms with van der Waals surface area (Å²) in [4.78, 5) is 24.0. The fourth-order valence-electron chi connectivity index (χ4n) is 1.42. The normalized spacial score (nSPS) is 11.1. The van der Waals surface area contributed by atoms with Crippen LogP contribution in [0.1, 0.15) is 10.4 Å². The molecule has 0 atom stereocenters. The van der Waals surface area contributed by atoms with Crippen molar-refractivity contribution in [1.29, 1.82) is 0 Å². The van der Waals surface area contributed by atoms with E-state index in [9.17, 15) is 27.2 Å². The van der Waals surface area contributed by atoms with Crippen LogP contribution >= 0.6 is 15.9 Å². The minimum atomic E-state index is -4.53. The van der Waals surface area contributed by atoms with Gasteiger partial charge in [-0.25, -0.2) is 4.39 Å². The van der Waals surface area contributed by atoms with Gasteiger partial charge >= 0.3 is 6.18 Å². The fraction of sp³-hybridized carbons (Fsp3) is 0.333.